The van der Waals surface area contributed by atoms with Gasteiger partial charge in [-0.25, -0.2) is 17.9 Å². The average Bonchev–Trinajstić information content (AvgIpc) is 2.34. The first kappa shape index (κ1) is 15.4. The predicted octanol–water partition coefficient (Wildman–Crippen LogP) is 1.72. The largest absolute Gasteiger partial charge is 0.478 e. The third kappa shape index (κ3) is 5.23. The number of rotatable bonds is 6. The fourth-order valence-corrected chi connectivity index (χ4v) is 2.58. The first-order valence-electron chi connectivity index (χ1n) is 5.82. The molecule has 0 unspecified atom stereocenters. The fourth-order valence-electron chi connectivity index (χ4n) is 1.31. The van der Waals surface area contributed by atoms with Crippen molar-refractivity contribution in [3.8, 4) is 0 Å². The van der Waals surface area contributed by atoms with E-state index in [0.717, 1.165) is 6.08 Å². The van der Waals surface area contributed by atoms with E-state index in [2.05, 4.69) is 4.72 Å². The van der Waals surface area contributed by atoms with E-state index in [4.69, 9.17) is 5.11 Å². The lowest BCUT2D eigenvalue weighted by molar-refractivity contribution is -0.131. The van der Waals surface area contributed by atoms with E-state index in [1.165, 1.54) is 18.2 Å². The van der Waals surface area contributed by atoms with E-state index in [1.54, 1.807) is 12.1 Å². The van der Waals surface area contributed by atoms with Crippen molar-refractivity contribution in [3.05, 3.63) is 35.9 Å². The van der Waals surface area contributed by atoms with Crippen LogP contribution in [0, 0.1) is 5.92 Å². The van der Waals surface area contributed by atoms with Gasteiger partial charge >= 0.3 is 5.97 Å². The summed E-state index contributed by atoms with van der Waals surface area (Å²) in [6, 6.07) is 6.12. The van der Waals surface area contributed by atoms with Gasteiger partial charge in [0.1, 0.15) is 0 Å². The Morgan fingerprint density at radius 3 is 2.68 bits per heavy atom. The number of hydrogen-bond acceptors (Lipinski definition) is 3. The minimum absolute atomic E-state index is 0.126. The molecule has 1 aromatic carbocycles. The maximum absolute atomic E-state index is 12.0. The summed E-state index contributed by atoms with van der Waals surface area (Å²) in [5.41, 5.74) is 0.523. The van der Waals surface area contributed by atoms with Crippen LogP contribution in [0.15, 0.2) is 35.2 Å². The Kier molecular flexibility index (Phi) is 5.26. The lowest BCUT2D eigenvalue weighted by Gasteiger charge is -2.09. The molecule has 2 N–H and O–H groups in total. The fraction of sp³-hybridized carbons (Fsp3) is 0.308. The molecule has 0 aliphatic heterocycles. The van der Waals surface area contributed by atoms with Crippen molar-refractivity contribution in [2.75, 3.05) is 6.54 Å². The van der Waals surface area contributed by atoms with Gasteiger partial charge in [0.15, 0.2) is 0 Å². The highest BCUT2D eigenvalue weighted by Crippen LogP contribution is 2.13. The van der Waals surface area contributed by atoms with Crippen molar-refractivity contribution in [1.82, 2.24) is 4.72 Å². The topological polar surface area (TPSA) is 83.5 Å². The number of hydrogen-bond donors (Lipinski definition) is 2. The van der Waals surface area contributed by atoms with Crippen LogP contribution in [0.3, 0.4) is 0 Å². The lowest BCUT2D eigenvalue weighted by Crippen LogP contribution is -2.27. The van der Waals surface area contributed by atoms with Crippen molar-refractivity contribution in [2.24, 2.45) is 5.92 Å². The zero-order valence-corrected chi connectivity index (χ0v) is 11.6. The molecule has 0 bridgehead atoms. The second-order valence-electron chi connectivity index (χ2n) is 4.49. The van der Waals surface area contributed by atoms with Crippen molar-refractivity contribution < 1.29 is 18.3 Å². The van der Waals surface area contributed by atoms with Crippen LogP contribution in [0.1, 0.15) is 19.4 Å². The minimum Gasteiger partial charge on any atom is -0.478 e. The third-order valence-corrected chi connectivity index (χ3v) is 3.69. The predicted molar refractivity (Wildman–Crippen MR) is 73.1 cm³/mol. The van der Waals surface area contributed by atoms with Crippen LogP contribution in [-0.4, -0.2) is 26.0 Å². The summed E-state index contributed by atoms with van der Waals surface area (Å²) in [5.74, 6) is -0.865. The van der Waals surface area contributed by atoms with Crippen LogP contribution in [0.4, 0.5) is 0 Å². The Morgan fingerprint density at radius 2 is 2.11 bits per heavy atom. The van der Waals surface area contributed by atoms with Gasteiger partial charge in [0.05, 0.1) is 4.90 Å². The molecule has 19 heavy (non-hydrogen) atoms. The van der Waals surface area contributed by atoms with Gasteiger partial charge in [-0.2, -0.15) is 0 Å². The maximum atomic E-state index is 12.0. The molecule has 0 atom stereocenters. The molecule has 0 spiro atoms. The first-order chi connectivity index (χ1) is 8.81. The molecule has 0 amide bonds. The quantitative estimate of drug-likeness (QED) is 0.779. The molecule has 5 nitrogen and oxygen atoms in total. The third-order valence-electron chi connectivity index (χ3n) is 2.27. The summed E-state index contributed by atoms with van der Waals surface area (Å²) >= 11 is 0. The minimum atomic E-state index is -3.55. The highest BCUT2D eigenvalue weighted by Gasteiger charge is 2.13. The normalized spacial score (nSPS) is 12.2. The molecule has 0 saturated heterocycles. The molecule has 0 radical (unpaired) electrons. The van der Waals surface area contributed by atoms with Gasteiger partial charge in [0, 0.05) is 12.6 Å². The number of aliphatic carboxylic acids is 1. The van der Waals surface area contributed by atoms with Gasteiger partial charge in [-0.15, -0.1) is 0 Å². The SMILES string of the molecule is CC(C)CNS(=O)(=O)c1cccc(/C=C/C(=O)O)c1. The second-order valence-corrected chi connectivity index (χ2v) is 6.26. The Morgan fingerprint density at radius 1 is 1.42 bits per heavy atom. The first-order valence-corrected chi connectivity index (χ1v) is 7.30. The van der Waals surface area contributed by atoms with Crippen LogP contribution >= 0.6 is 0 Å². The lowest BCUT2D eigenvalue weighted by atomic mass is 10.2. The van der Waals surface area contributed by atoms with E-state index < -0.39 is 16.0 Å². The van der Waals surface area contributed by atoms with Gasteiger partial charge in [0.25, 0.3) is 0 Å². The molecule has 0 heterocycles. The molecule has 6 heteroatoms. The number of carboxylic acids is 1. The standard InChI is InChI=1S/C13H17NO4S/c1-10(2)9-14-19(17,18)12-5-3-4-11(8-12)6-7-13(15)16/h3-8,10,14H,9H2,1-2H3,(H,15,16)/b7-6+. The molecule has 0 aliphatic carbocycles. The Hall–Kier alpha value is -1.66. The molecule has 0 aliphatic rings. The molecular formula is C13H17NO4S. The van der Waals surface area contributed by atoms with E-state index in [1.807, 2.05) is 13.8 Å². The summed E-state index contributed by atoms with van der Waals surface area (Å²) in [7, 11) is -3.55. The van der Waals surface area contributed by atoms with E-state index in [9.17, 15) is 13.2 Å². The molecule has 104 valence electrons. The van der Waals surface area contributed by atoms with E-state index in [-0.39, 0.29) is 10.8 Å². The van der Waals surface area contributed by atoms with Crippen molar-refractivity contribution in [2.45, 2.75) is 18.7 Å². The molecule has 0 saturated carbocycles. The summed E-state index contributed by atoms with van der Waals surface area (Å²) in [5, 5.41) is 8.53. The van der Waals surface area contributed by atoms with Gasteiger partial charge < -0.3 is 5.11 Å². The van der Waals surface area contributed by atoms with Crippen LogP contribution in [0.5, 0.6) is 0 Å². The van der Waals surface area contributed by atoms with Crippen LogP contribution < -0.4 is 4.72 Å². The highest BCUT2D eigenvalue weighted by molar-refractivity contribution is 7.89. The zero-order chi connectivity index (χ0) is 14.5. The van der Waals surface area contributed by atoms with Crippen LogP contribution in [0.25, 0.3) is 6.08 Å². The summed E-state index contributed by atoms with van der Waals surface area (Å²) in [6.45, 7) is 4.18. The molecular weight excluding hydrogens is 266 g/mol. The number of carboxylic acid groups (broad SMARTS) is 1. The van der Waals surface area contributed by atoms with Gasteiger partial charge in [-0.1, -0.05) is 26.0 Å². The molecule has 1 aromatic rings. The van der Waals surface area contributed by atoms with Crippen molar-refractivity contribution in [1.29, 1.82) is 0 Å². The van der Waals surface area contributed by atoms with Crippen molar-refractivity contribution in [3.63, 3.8) is 0 Å². The Labute approximate surface area is 113 Å². The monoisotopic (exact) mass is 283 g/mol. The number of benzene rings is 1. The van der Waals surface area contributed by atoms with E-state index >= 15 is 0 Å². The summed E-state index contributed by atoms with van der Waals surface area (Å²) in [6.07, 6.45) is 2.32. The molecule has 0 fully saturated rings. The number of nitrogens with one attached hydrogen (secondary N) is 1. The smallest absolute Gasteiger partial charge is 0.328 e. The van der Waals surface area contributed by atoms with Crippen LogP contribution in [-0.2, 0) is 14.8 Å². The van der Waals surface area contributed by atoms with Gasteiger partial charge in [-0.3, -0.25) is 0 Å². The molecule has 0 aromatic heterocycles. The van der Waals surface area contributed by atoms with Gasteiger partial charge in [0.2, 0.25) is 10.0 Å². The van der Waals surface area contributed by atoms with Crippen molar-refractivity contribution >= 4 is 22.1 Å². The highest BCUT2D eigenvalue weighted by atomic mass is 32.2. The zero-order valence-electron chi connectivity index (χ0n) is 10.8. The second kappa shape index (κ2) is 6.49. The number of carbonyl (C=O) groups is 1. The summed E-state index contributed by atoms with van der Waals surface area (Å²) < 4.78 is 26.4. The maximum Gasteiger partial charge on any atom is 0.328 e. The number of sulfonamides is 1. The summed E-state index contributed by atoms with van der Waals surface area (Å²) in [4.78, 5) is 10.5. The van der Waals surface area contributed by atoms with E-state index in [0.29, 0.717) is 12.1 Å². The van der Waals surface area contributed by atoms with Crippen LogP contribution in [0.2, 0.25) is 0 Å². The molecule has 1 rings (SSSR count). The average molecular weight is 283 g/mol. The Balaban J connectivity index is 2.95. The van der Waals surface area contributed by atoms with Gasteiger partial charge in [-0.05, 0) is 29.7 Å². The Bertz CT molecular complexity index is 576.